The Bertz CT molecular complexity index is 1150. The molecular formula is C18H13FN4O2. The van der Waals surface area contributed by atoms with Crippen LogP contribution in [-0.4, -0.2) is 20.4 Å². The van der Waals surface area contributed by atoms with Crippen LogP contribution in [-0.2, 0) is 11.3 Å². The van der Waals surface area contributed by atoms with Gasteiger partial charge in [0.1, 0.15) is 23.4 Å². The first-order valence-electron chi connectivity index (χ1n) is 7.63. The van der Waals surface area contributed by atoms with Crippen molar-refractivity contribution in [3.05, 3.63) is 71.0 Å². The van der Waals surface area contributed by atoms with Gasteiger partial charge < -0.3 is 10.3 Å². The molecule has 0 spiro atoms. The topological polar surface area (TPSA) is 79.8 Å². The molecule has 4 rings (SSSR count). The Morgan fingerprint density at radius 1 is 1.20 bits per heavy atom. The lowest BCUT2D eigenvalue weighted by molar-refractivity contribution is -0.116. The van der Waals surface area contributed by atoms with Gasteiger partial charge in [0.15, 0.2) is 0 Å². The summed E-state index contributed by atoms with van der Waals surface area (Å²) in [7, 11) is 0. The minimum Gasteiger partial charge on any atom is -0.349 e. The summed E-state index contributed by atoms with van der Waals surface area (Å²) in [6, 6.07) is 13.2. The zero-order valence-electron chi connectivity index (χ0n) is 13.0. The fourth-order valence-corrected chi connectivity index (χ4v) is 2.75. The average molecular weight is 336 g/mol. The smallest absolute Gasteiger partial charge is 0.278 e. The van der Waals surface area contributed by atoms with E-state index < -0.39 is 5.82 Å². The molecule has 124 valence electrons. The van der Waals surface area contributed by atoms with Gasteiger partial charge in [-0.05, 0) is 30.3 Å². The normalized spacial score (nSPS) is 11.1. The molecule has 6 nitrogen and oxygen atoms in total. The standard InChI is InChI=1S/C18H13FN4O2/c19-11-6-7-14-13(8-11)16-17(22-14)18(25)23(10-20-16)9-15(24)21-12-4-2-1-3-5-12/h1-8,10,22H,9H2,(H,21,24). The number of carbonyl (C=O) groups excluding carboxylic acids is 1. The molecule has 0 aliphatic heterocycles. The predicted octanol–water partition coefficient (Wildman–Crippen LogP) is 2.66. The Labute approximate surface area is 140 Å². The third-order valence-electron chi connectivity index (χ3n) is 3.91. The molecule has 0 saturated carbocycles. The summed E-state index contributed by atoms with van der Waals surface area (Å²) in [6.45, 7) is -0.166. The summed E-state index contributed by atoms with van der Waals surface area (Å²) in [5, 5.41) is 3.25. The maximum atomic E-state index is 13.4. The summed E-state index contributed by atoms with van der Waals surface area (Å²) in [4.78, 5) is 31.9. The van der Waals surface area contributed by atoms with Gasteiger partial charge in [0.25, 0.3) is 5.56 Å². The molecule has 25 heavy (non-hydrogen) atoms. The molecule has 2 aromatic heterocycles. The summed E-state index contributed by atoms with van der Waals surface area (Å²) in [5.74, 6) is -0.738. The molecule has 0 aliphatic rings. The first kappa shape index (κ1) is 15.1. The zero-order valence-corrected chi connectivity index (χ0v) is 13.0. The molecule has 0 fully saturated rings. The highest BCUT2D eigenvalue weighted by Crippen LogP contribution is 2.22. The number of para-hydroxylation sites is 1. The number of anilines is 1. The molecule has 0 atom stereocenters. The number of hydrogen-bond donors (Lipinski definition) is 2. The zero-order chi connectivity index (χ0) is 17.4. The van der Waals surface area contributed by atoms with Gasteiger partial charge in [0.05, 0.1) is 6.33 Å². The van der Waals surface area contributed by atoms with Crippen molar-refractivity contribution < 1.29 is 9.18 Å². The number of benzene rings is 2. The minimum atomic E-state index is -0.401. The van der Waals surface area contributed by atoms with Crippen LogP contribution in [0.1, 0.15) is 0 Å². The second kappa shape index (κ2) is 5.86. The van der Waals surface area contributed by atoms with Gasteiger partial charge in [-0.3, -0.25) is 14.2 Å². The summed E-state index contributed by atoms with van der Waals surface area (Å²) in [6.07, 6.45) is 1.30. The van der Waals surface area contributed by atoms with Gasteiger partial charge in [0, 0.05) is 16.6 Å². The molecule has 7 heteroatoms. The van der Waals surface area contributed by atoms with Crippen molar-refractivity contribution in [2.45, 2.75) is 6.54 Å². The van der Waals surface area contributed by atoms with Crippen LogP contribution < -0.4 is 10.9 Å². The Morgan fingerprint density at radius 3 is 2.80 bits per heavy atom. The van der Waals surface area contributed by atoms with Crippen LogP contribution >= 0.6 is 0 Å². The van der Waals surface area contributed by atoms with Crippen LogP contribution in [0, 0.1) is 5.82 Å². The quantitative estimate of drug-likeness (QED) is 0.604. The van der Waals surface area contributed by atoms with Crippen molar-refractivity contribution in [2.24, 2.45) is 0 Å². The second-order valence-corrected chi connectivity index (χ2v) is 5.63. The van der Waals surface area contributed by atoms with Crippen molar-refractivity contribution in [2.75, 3.05) is 5.32 Å². The number of amides is 1. The van der Waals surface area contributed by atoms with E-state index in [0.29, 0.717) is 22.1 Å². The molecule has 0 unspecified atom stereocenters. The predicted molar refractivity (Wildman–Crippen MR) is 92.9 cm³/mol. The number of halogens is 1. The maximum Gasteiger partial charge on any atom is 0.278 e. The van der Waals surface area contributed by atoms with E-state index in [1.807, 2.05) is 6.07 Å². The number of aromatic amines is 1. The molecule has 4 aromatic rings. The SMILES string of the molecule is O=C(Cn1cnc2c([nH]c3ccc(F)cc32)c1=O)Nc1ccccc1. The monoisotopic (exact) mass is 336 g/mol. The molecule has 0 bridgehead atoms. The van der Waals surface area contributed by atoms with Crippen LogP contribution in [0.15, 0.2) is 59.7 Å². The highest BCUT2D eigenvalue weighted by molar-refractivity contribution is 6.04. The number of rotatable bonds is 3. The number of nitrogens with one attached hydrogen (secondary N) is 2. The van der Waals surface area contributed by atoms with Crippen molar-refractivity contribution >= 4 is 33.5 Å². The minimum absolute atomic E-state index is 0.166. The second-order valence-electron chi connectivity index (χ2n) is 5.63. The molecule has 0 aliphatic carbocycles. The van der Waals surface area contributed by atoms with Crippen molar-refractivity contribution in [1.29, 1.82) is 0 Å². The van der Waals surface area contributed by atoms with E-state index in [1.165, 1.54) is 23.0 Å². The summed E-state index contributed by atoms with van der Waals surface area (Å²) in [5.41, 5.74) is 1.52. The molecule has 2 N–H and O–H groups in total. The maximum absolute atomic E-state index is 13.4. The molecule has 2 heterocycles. The van der Waals surface area contributed by atoms with Gasteiger partial charge in [-0.25, -0.2) is 9.37 Å². The third kappa shape index (κ3) is 2.76. The lowest BCUT2D eigenvalue weighted by atomic mass is 10.2. The van der Waals surface area contributed by atoms with E-state index in [1.54, 1.807) is 30.3 Å². The van der Waals surface area contributed by atoms with Crippen molar-refractivity contribution in [3.63, 3.8) is 0 Å². The number of carbonyl (C=O) groups is 1. The fourth-order valence-electron chi connectivity index (χ4n) is 2.75. The van der Waals surface area contributed by atoms with Crippen LogP contribution in [0.25, 0.3) is 21.9 Å². The van der Waals surface area contributed by atoms with Gasteiger partial charge in [-0.2, -0.15) is 0 Å². The van der Waals surface area contributed by atoms with Crippen LogP contribution in [0.3, 0.4) is 0 Å². The summed E-state index contributed by atoms with van der Waals surface area (Å²) >= 11 is 0. The number of hydrogen-bond acceptors (Lipinski definition) is 3. The molecule has 2 aromatic carbocycles. The number of fused-ring (bicyclic) bond motifs is 3. The van der Waals surface area contributed by atoms with E-state index in [-0.39, 0.29) is 23.5 Å². The van der Waals surface area contributed by atoms with Crippen LogP contribution in [0.2, 0.25) is 0 Å². The Balaban J connectivity index is 1.69. The van der Waals surface area contributed by atoms with Gasteiger partial charge in [-0.1, -0.05) is 18.2 Å². The first-order chi connectivity index (χ1) is 12.1. The first-order valence-corrected chi connectivity index (χ1v) is 7.63. The Kier molecular flexibility index (Phi) is 3.53. The molecule has 1 amide bonds. The fraction of sp³-hybridized carbons (Fsp3) is 0.0556. The Morgan fingerprint density at radius 2 is 2.00 bits per heavy atom. The number of aromatic nitrogens is 3. The highest BCUT2D eigenvalue weighted by atomic mass is 19.1. The number of nitrogens with zero attached hydrogens (tertiary/aromatic N) is 2. The van der Waals surface area contributed by atoms with Crippen LogP contribution in [0.5, 0.6) is 0 Å². The van der Waals surface area contributed by atoms with E-state index in [4.69, 9.17) is 0 Å². The third-order valence-corrected chi connectivity index (χ3v) is 3.91. The highest BCUT2D eigenvalue weighted by Gasteiger charge is 2.13. The van der Waals surface area contributed by atoms with E-state index in [2.05, 4.69) is 15.3 Å². The molecule has 0 saturated heterocycles. The van der Waals surface area contributed by atoms with E-state index in [9.17, 15) is 14.0 Å². The lowest BCUT2D eigenvalue weighted by Gasteiger charge is -2.07. The van der Waals surface area contributed by atoms with Gasteiger partial charge >= 0.3 is 0 Å². The van der Waals surface area contributed by atoms with Crippen LogP contribution in [0.4, 0.5) is 10.1 Å². The molecular weight excluding hydrogens is 323 g/mol. The van der Waals surface area contributed by atoms with Crippen molar-refractivity contribution in [1.82, 2.24) is 14.5 Å². The largest absolute Gasteiger partial charge is 0.349 e. The van der Waals surface area contributed by atoms with Gasteiger partial charge in [0.2, 0.25) is 5.91 Å². The van der Waals surface area contributed by atoms with Crippen molar-refractivity contribution in [3.8, 4) is 0 Å². The van der Waals surface area contributed by atoms with E-state index in [0.717, 1.165) is 0 Å². The average Bonchev–Trinajstić information content (AvgIpc) is 2.97. The Hall–Kier alpha value is -3.48. The van der Waals surface area contributed by atoms with E-state index >= 15 is 0 Å². The van der Waals surface area contributed by atoms with Gasteiger partial charge in [-0.15, -0.1) is 0 Å². The summed E-state index contributed by atoms with van der Waals surface area (Å²) < 4.78 is 14.6. The molecule has 0 radical (unpaired) electrons. The number of H-pyrrole nitrogens is 1. The lowest BCUT2D eigenvalue weighted by Crippen LogP contribution is -2.27.